The first-order valence-electron chi connectivity index (χ1n) is 9.70. The molecular formula is C24H20BrN3. The summed E-state index contributed by atoms with van der Waals surface area (Å²) >= 11 is 3.52. The molecule has 0 atom stereocenters. The van der Waals surface area contributed by atoms with Gasteiger partial charge in [-0.05, 0) is 48.1 Å². The maximum absolute atomic E-state index is 4.57. The number of nitrogens with zero attached hydrogens (tertiary/aromatic N) is 3. The van der Waals surface area contributed by atoms with Gasteiger partial charge in [-0.15, -0.1) is 10.2 Å². The van der Waals surface area contributed by atoms with Gasteiger partial charge >= 0.3 is 0 Å². The molecule has 28 heavy (non-hydrogen) atoms. The maximum Gasteiger partial charge on any atom is 0.169 e. The van der Waals surface area contributed by atoms with E-state index in [0.29, 0.717) is 0 Å². The van der Waals surface area contributed by atoms with Gasteiger partial charge in [0.05, 0.1) is 5.52 Å². The molecule has 0 aliphatic heterocycles. The van der Waals surface area contributed by atoms with Crippen molar-refractivity contribution in [2.45, 2.75) is 26.2 Å². The third kappa shape index (κ3) is 2.80. The monoisotopic (exact) mass is 429 g/mol. The van der Waals surface area contributed by atoms with Crippen LogP contribution in [0.3, 0.4) is 0 Å². The third-order valence-corrected chi connectivity index (χ3v) is 5.87. The number of fused-ring (bicyclic) bond motifs is 6. The first kappa shape index (κ1) is 17.4. The van der Waals surface area contributed by atoms with Crippen LogP contribution >= 0.6 is 15.9 Å². The van der Waals surface area contributed by atoms with Crippen LogP contribution in [0.5, 0.6) is 0 Å². The molecule has 5 aromatic rings. The Bertz CT molecular complexity index is 1300. The molecule has 2 heterocycles. The average molecular weight is 430 g/mol. The first-order chi connectivity index (χ1) is 13.8. The summed E-state index contributed by atoms with van der Waals surface area (Å²) in [6, 6.07) is 23.6. The van der Waals surface area contributed by atoms with Crippen LogP contribution in [0.15, 0.2) is 71.2 Å². The summed E-state index contributed by atoms with van der Waals surface area (Å²) in [4.78, 5) is 0. The van der Waals surface area contributed by atoms with Gasteiger partial charge in [0, 0.05) is 20.8 Å². The zero-order valence-electron chi connectivity index (χ0n) is 15.7. The fourth-order valence-corrected chi connectivity index (χ4v) is 4.18. The van der Waals surface area contributed by atoms with E-state index in [0.717, 1.165) is 38.8 Å². The molecule has 0 radical (unpaired) electrons. The minimum Gasteiger partial charge on any atom is -0.274 e. The lowest BCUT2D eigenvalue weighted by Crippen LogP contribution is -1.95. The molecule has 0 fully saturated rings. The summed E-state index contributed by atoms with van der Waals surface area (Å²) in [6.07, 6.45) is 3.53. The molecule has 3 nitrogen and oxygen atoms in total. The summed E-state index contributed by atoms with van der Waals surface area (Å²) in [5, 5.41) is 12.8. The second kappa shape index (κ2) is 7.02. The van der Waals surface area contributed by atoms with E-state index in [1.54, 1.807) is 0 Å². The second-order valence-electron chi connectivity index (χ2n) is 7.19. The largest absolute Gasteiger partial charge is 0.274 e. The van der Waals surface area contributed by atoms with Gasteiger partial charge in [0.25, 0.3) is 0 Å². The zero-order valence-corrected chi connectivity index (χ0v) is 17.3. The van der Waals surface area contributed by atoms with E-state index < -0.39 is 0 Å². The van der Waals surface area contributed by atoms with Gasteiger partial charge in [-0.25, -0.2) is 0 Å². The molecule has 0 amide bonds. The van der Waals surface area contributed by atoms with Gasteiger partial charge in [0.15, 0.2) is 11.5 Å². The van der Waals surface area contributed by atoms with Crippen molar-refractivity contribution in [3.8, 4) is 11.4 Å². The number of aryl methyl sites for hydroxylation is 1. The van der Waals surface area contributed by atoms with Crippen LogP contribution in [0, 0.1) is 0 Å². The summed E-state index contributed by atoms with van der Waals surface area (Å²) < 4.78 is 3.26. The zero-order chi connectivity index (χ0) is 19.1. The molecular weight excluding hydrogens is 410 g/mol. The Morgan fingerprint density at radius 2 is 1.64 bits per heavy atom. The molecule has 0 aliphatic carbocycles. The Kier molecular flexibility index (Phi) is 4.36. The number of pyridine rings is 1. The van der Waals surface area contributed by atoms with Crippen molar-refractivity contribution in [1.29, 1.82) is 0 Å². The summed E-state index contributed by atoms with van der Waals surface area (Å²) in [6.45, 7) is 2.24. The van der Waals surface area contributed by atoms with E-state index in [9.17, 15) is 0 Å². The highest BCUT2D eigenvalue weighted by Gasteiger charge is 2.15. The van der Waals surface area contributed by atoms with Crippen LogP contribution in [0.4, 0.5) is 0 Å². The Hall–Kier alpha value is -2.72. The topological polar surface area (TPSA) is 30.2 Å². The van der Waals surface area contributed by atoms with Gasteiger partial charge in [-0.1, -0.05) is 71.7 Å². The van der Waals surface area contributed by atoms with Crippen molar-refractivity contribution in [3.63, 3.8) is 0 Å². The molecule has 138 valence electrons. The van der Waals surface area contributed by atoms with Crippen molar-refractivity contribution in [2.24, 2.45) is 0 Å². The SMILES string of the molecule is CCCCc1ccc2c(c1)c1ccccc1c1nnc(-c3ccc(Br)cc3)n21. The normalized spacial score (nSPS) is 11.6. The lowest BCUT2D eigenvalue weighted by molar-refractivity contribution is 0.796. The van der Waals surface area contributed by atoms with Crippen LogP contribution in [0.2, 0.25) is 0 Å². The lowest BCUT2D eigenvalue weighted by Gasteiger charge is -2.11. The standard InChI is InChI=1S/C24H20BrN3/c1-2-3-6-16-9-14-22-21(15-16)19-7-4-5-8-20(19)24-27-26-23(28(22)24)17-10-12-18(25)13-11-17/h4-5,7-15H,2-3,6H2,1H3. The van der Waals surface area contributed by atoms with Crippen LogP contribution < -0.4 is 0 Å². The Labute approximate surface area is 172 Å². The van der Waals surface area contributed by atoms with Crippen molar-refractivity contribution in [3.05, 3.63) is 76.8 Å². The molecule has 2 aromatic heterocycles. The van der Waals surface area contributed by atoms with Gasteiger partial charge in [-0.3, -0.25) is 4.40 Å². The predicted octanol–water partition coefficient (Wildman–Crippen LogP) is 6.81. The van der Waals surface area contributed by atoms with Gasteiger partial charge < -0.3 is 0 Å². The summed E-state index contributed by atoms with van der Waals surface area (Å²) in [5.74, 6) is 0.875. The molecule has 0 saturated heterocycles. The van der Waals surface area contributed by atoms with Crippen LogP contribution in [0.25, 0.3) is 38.7 Å². The van der Waals surface area contributed by atoms with Crippen molar-refractivity contribution >= 4 is 43.3 Å². The van der Waals surface area contributed by atoms with Crippen molar-refractivity contribution in [1.82, 2.24) is 14.6 Å². The number of rotatable bonds is 4. The number of aromatic nitrogens is 3. The number of hydrogen-bond donors (Lipinski definition) is 0. The van der Waals surface area contributed by atoms with Crippen molar-refractivity contribution < 1.29 is 0 Å². The number of halogens is 1. The van der Waals surface area contributed by atoms with E-state index in [2.05, 4.69) is 92.0 Å². The fraction of sp³-hybridized carbons (Fsp3) is 0.167. The molecule has 0 N–H and O–H groups in total. The van der Waals surface area contributed by atoms with E-state index in [-0.39, 0.29) is 0 Å². The second-order valence-corrected chi connectivity index (χ2v) is 8.11. The Morgan fingerprint density at radius 3 is 2.43 bits per heavy atom. The summed E-state index contributed by atoms with van der Waals surface area (Å²) in [5.41, 5.74) is 4.50. The molecule has 0 spiro atoms. The third-order valence-electron chi connectivity index (χ3n) is 5.34. The van der Waals surface area contributed by atoms with E-state index >= 15 is 0 Å². The number of unbranched alkanes of at least 4 members (excludes halogenated alkanes) is 1. The highest BCUT2D eigenvalue weighted by atomic mass is 79.9. The molecule has 5 rings (SSSR count). The Morgan fingerprint density at radius 1 is 0.857 bits per heavy atom. The lowest BCUT2D eigenvalue weighted by atomic mass is 10.0. The smallest absolute Gasteiger partial charge is 0.169 e. The molecule has 3 aromatic carbocycles. The average Bonchev–Trinajstić information content (AvgIpc) is 3.18. The van der Waals surface area contributed by atoms with E-state index in [4.69, 9.17) is 0 Å². The van der Waals surface area contributed by atoms with Crippen LogP contribution in [0.1, 0.15) is 25.3 Å². The van der Waals surface area contributed by atoms with Gasteiger partial charge in [-0.2, -0.15) is 0 Å². The summed E-state index contributed by atoms with van der Waals surface area (Å²) in [7, 11) is 0. The number of benzene rings is 3. The van der Waals surface area contributed by atoms with E-state index in [1.807, 2.05) is 12.1 Å². The molecule has 4 heteroatoms. The molecule has 0 aliphatic rings. The minimum atomic E-state index is 0.875. The quantitative estimate of drug-likeness (QED) is 0.293. The van der Waals surface area contributed by atoms with Gasteiger partial charge in [0.1, 0.15) is 0 Å². The fourth-order valence-electron chi connectivity index (χ4n) is 3.92. The first-order valence-corrected chi connectivity index (χ1v) is 10.5. The minimum absolute atomic E-state index is 0.875. The number of hydrogen-bond acceptors (Lipinski definition) is 2. The maximum atomic E-state index is 4.57. The molecule has 0 unspecified atom stereocenters. The predicted molar refractivity (Wildman–Crippen MR) is 120 cm³/mol. The highest BCUT2D eigenvalue weighted by molar-refractivity contribution is 9.10. The molecule has 0 saturated carbocycles. The van der Waals surface area contributed by atoms with Crippen LogP contribution in [-0.4, -0.2) is 14.6 Å². The van der Waals surface area contributed by atoms with Gasteiger partial charge in [0.2, 0.25) is 0 Å². The molecule has 0 bridgehead atoms. The van der Waals surface area contributed by atoms with E-state index in [1.165, 1.54) is 29.2 Å². The highest BCUT2D eigenvalue weighted by Crippen LogP contribution is 2.33. The van der Waals surface area contributed by atoms with Crippen LogP contribution in [-0.2, 0) is 6.42 Å². The van der Waals surface area contributed by atoms with Crippen molar-refractivity contribution in [2.75, 3.05) is 0 Å². The Balaban J connectivity index is 1.87.